The SMILES string of the molecule is CCCCC/C=C\C/C=C\C/C=C\CCCCCCC(=O)OC[C@H](CO)OC(=O)CCCCCCCCCCCCCCC. The molecule has 0 radical (unpaired) electrons. The van der Waals surface area contributed by atoms with Gasteiger partial charge in [0, 0.05) is 12.8 Å². The van der Waals surface area contributed by atoms with Crippen LogP contribution in [0.3, 0.4) is 0 Å². The monoisotopic (exact) mass is 619 g/mol. The Bertz CT molecular complexity index is 711. The summed E-state index contributed by atoms with van der Waals surface area (Å²) in [6.45, 7) is 4.08. The molecule has 0 rings (SSSR count). The Morgan fingerprint density at radius 1 is 0.523 bits per heavy atom. The highest BCUT2D eigenvalue weighted by molar-refractivity contribution is 5.70. The van der Waals surface area contributed by atoms with Gasteiger partial charge in [-0.15, -0.1) is 0 Å². The molecule has 0 unspecified atom stereocenters. The minimum atomic E-state index is -0.776. The van der Waals surface area contributed by atoms with Crippen molar-refractivity contribution >= 4 is 11.9 Å². The van der Waals surface area contributed by atoms with Gasteiger partial charge >= 0.3 is 11.9 Å². The molecule has 256 valence electrons. The third-order valence-electron chi connectivity index (χ3n) is 7.94. The quantitative estimate of drug-likeness (QED) is 0.0450. The van der Waals surface area contributed by atoms with E-state index in [2.05, 4.69) is 50.3 Å². The average Bonchev–Trinajstić information content (AvgIpc) is 3.02. The van der Waals surface area contributed by atoms with Crippen LogP contribution in [0.1, 0.15) is 181 Å². The molecule has 0 aliphatic rings. The zero-order chi connectivity index (χ0) is 32.2. The number of rotatable bonds is 33. The van der Waals surface area contributed by atoms with E-state index in [0.29, 0.717) is 12.8 Å². The molecular weight excluding hydrogens is 548 g/mol. The molecule has 0 bridgehead atoms. The maximum Gasteiger partial charge on any atom is 0.306 e. The lowest BCUT2D eigenvalue weighted by Gasteiger charge is -2.15. The van der Waals surface area contributed by atoms with Gasteiger partial charge in [-0.2, -0.15) is 0 Å². The van der Waals surface area contributed by atoms with Crippen LogP contribution in [0.5, 0.6) is 0 Å². The molecule has 0 fully saturated rings. The molecule has 1 N–H and O–H groups in total. The summed E-state index contributed by atoms with van der Waals surface area (Å²) in [4.78, 5) is 24.2. The largest absolute Gasteiger partial charge is 0.462 e. The number of allylic oxidation sites excluding steroid dienone is 6. The molecule has 0 heterocycles. The van der Waals surface area contributed by atoms with Gasteiger partial charge in [0.05, 0.1) is 6.61 Å². The number of carbonyl (C=O) groups is 2. The van der Waals surface area contributed by atoms with E-state index in [-0.39, 0.29) is 25.2 Å². The molecule has 5 heteroatoms. The number of unbranched alkanes of at least 4 members (excludes halogenated alkanes) is 19. The summed E-state index contributed by atoms with van der Waals surface area (Å²) in [6.07, 6.45) is 41.9. The maximum atomic E-state index is 12.1. The van der Waals surface area contributed by atoms with E-state index in [1.165, 1.54) is 89.9 Å². The Labute approximate surface area is 272 Å². The molecule has 0 aromatic rings. The number of hydrogen-bond acceptors (Lipinski definition) is 5. The van der Waals surface area contributed by atoms with Crippen molar-refractivity contribution in [2.24, 2.45) is 0 Å². The van der Waals surface area contributed by atoms with E-state index in [0.717, 1.165) is 64.2 Å². The second-order valence-corrected chi connectivity index (χ2v) is 12.3. The highest BCUT2D eigenvalue weighted by Gasteiger charge is 2.16. The molecule has 0 aliphatic heterocycles. The van der Waals surface area contributed by atoms with Gasteiger partial charge in [0.1, 0.15) is 6.61 Å². The van der Waals surface area contributed by atoms with Gasteiger partial charge in [0.2, 0.25) is 0 Å². The van der Waals surface area contributed by atoms with Crippen molar-refractivity contribution in [3.63, 3.8) is 0 Å². The van der Waals surface area contributed by atoms with Gasteiger partial charge in [0.25, 0.3) is 0 Å². The van der Waals surface area contributed by atoms with Crippen molar-refractivity contribution in [2.45, 2.75) is 187 Å². The Hall–Kier alpha value is -1.88. The van der Waals surface area contributed by atoms with Crippen LogP contribution in [0.15, 0.2) is 36.5 Å². The summed E-state index contributed by atoms with van der Waals surface area (Å²) in [5.41, 5.74) is 0. The highest BCUT2D eigenvalue weighted by atomic mass is 16.6. The van der Waals surface area contributed by atoms with Crippen LogP contribution in [0.2, 0.25) is 0 Å². The van der Waals surface area contributed by atoms with Gasteiger partial charge < -0.3 is 14.6 Å². The molecule has 44 heavy (non-hydrogen) atoms. The number of esters is 2. The Balaban J connectivity index is 3.61. The molecule has 1 atom stereocenters. The van der Waals surface area contributed by atoms with Gasteiger partial charge in [-0.1, -0.05) is 153 Å². The first-order valence-electron chi connectivity index (χ1n) is 18.5. The summed E-state index contributed by atoms with van der Waals surface area (Å²) in [7, 11) is 0. The summed E-state index contributed by atoms with van der Waals surface area (Å²) in [5, 5.41) is 9.52. The van der Waals surface area contributed by atoms with Crippen LogP contribution >= 0.6 is 0 Å². The number of aliphatic hydroxyl groups is 1. The summed E-state index contributed by atoms with van der Waals surface area (Å²) < 4.78 is 10.6. The minimum Gasteiger partial charge on any atom is -0.462 e. The lowest BCUT2D eigenvalue weighted by molar-refractivity contribution is -0.161. The predicted molar refractivity (Wildman–Crippen MR) is 187 cm³/mol. The van der Waals surface area contributed by atoms with E-state index in [1.54, 1.807) is 0 Å². The fourth-order valence-corrected chi connectivity index (χ4v) is 5.09. The first-order valence-corrected chi connectivity index (χ1v) is 18.5. The topological polar surface area (TPSA) is 72.8 Å². The second-order valence-electron chi connectivity index (χ2n) is 12.3. The lowest BCUT2D eigenvalue weighted by Crippen LogP contribution is -2.28. The van der Waals surface area contributed by atoms with Crippen molar-refractivity contribution in [2.75, 3.05) is 13.2 Å². The van der Waals surface area contributed by atoms with Crippen molar-refractivity contribution in [3.05, 3.63) is 36.5 Å². The van der Waals surface area contributed by atoms with Crippen molar-refractivity contribution in [1.82, 2.24) is 0 Å². The maximum absolute atomic E-state index is 12.1. The van der Waals surface area contributed by atoms with Crippen molar-refractivity contribution in [3.8, 4) is 0 Å². The first kappa shape index (κ1) is 42.1. The van der Waals surface area contributed by atoms with Crippen molar-refractivity contribution in [1.29, 1.82) is 0 Å². The number of ether oxygens (including phenoxy) is 2. The van der Waals surface area contributed by atoms with Gasteiger partial charge in [-0.3, -0.25) is 9.59 Å². The number of hydrogen-bond donors (Lipinski definition) is 1. The van der Waals surface area contributed by atoms with Crippen LogP contribution in [0.25, 0.3) is 0 Å². The van der Waals surface area contributed by atoms with Crippen molar-refractivity contribution < 1.29 is 24.2 Å². The highest BCUT2D eigenvalue weighted by Crippen LogP contribution is 2.14. The van der Waals surface area contributed by atoms with E-state index in [4.69, 9.17) is 9.47 Å². The number of carbonyl (C=O) groups excluding carboxylic acids is 2. The molecule has 0 saturated heterocycles. The summed E-state index contributed by atoms with van der Waals surface area (Å²) >= 11 is 0. The Kier molecular flexibility index (Phi) is 34.1. The van der Waals surface area contributed by atoms with Crippen LogP contribution < -0.4 is 0 Å². The fraction of sp³-hybridized carbons (Fsp3) is 0.795. The zero-order valence-electron chi connectivity index (χ0n) is 28.9. The van der Waals surface area contributed by atoms with Crippen LogP contribution in [-0.4, -0.2) is 36.4 Å². The van der Waals surface area contributed by atoms with Crippen LogP contribution in [0.4, 0.5) is 0 Å². The van der Waals surface area contributed by atoms with Crippen LogP contribution in [0, 0.1) is 0 Å². The molecule has 0 amide bonds. The molecule has 0 aromatic carbocycles. The third-order valence-corrected chi connectivity index (χ3v) is 7.94. The standard InChI is InChI=1S/C39H70O5/c1-3-5-7-9-11-13-15-17-18-19-20-22-23-25-27-29-31-33-38(41)43-36-37(35-40)44-39(42)34-32-30-28-26-24-21-16-14-12-10-8-6-4-2/h11,13,17-18,20,22,37,40H,3-10,12,14-16,19,21,23-36H2,1-2H3/b13-11-,18-17-,22-20-/t37-/m0/s1. The normalized spacial score (nSPS) is 12.5. The van der Waals surface area contributed by atoms with E-state index >= 15 is 0 Å². The summed E-state index contributed by atoms with van der Waals surface area (Å²) in [6, 6.07) is 0. The van der Waals surface area contributed by atoms with Crippen LogP contribution in [-0.2, 0) is 19.1 Å². The van der Waals surface area contributed by atoms with E-state index < -0.39 is 6.10 Å². The molecule has 0 aromatic heterocycles. The molecule has 5 nitrogen and oxygen atoms in total. The van der Waals surface area contributed by atoms with Gasteiger partial charge in [-0.05, 0) is 51.4 Å². The van der Waals surface area contributed by atoms with E-state index in [9.17, 15) is 14.7 Å². The minimum absolute atomic E-state index is 0.0752. The molecule has 0 aliphatic carbocycles. The molecule has 0 saturated carbocycles. The predicted octanol–water partition coefficient (Wildman–Crippen LogP) is 11.3. The molecule has 0 spiro atoms. The first-order chi connectivity index (χ1) is 21.6. The Morgan fingerprint density at radius 2 is 0.909 bits per heavy atom. The smallest absolute Gasteiger partial charge is 0.306 e. The van der Waals surface area contributed by atoms with Gasteiger partial charge in [0.15, 0.2) is 6.10 Å². The lowest BCUT2D eigenvalue weighted by atomic mass is 10.0. The molecular formula is C39H70O5. The van der Waals surface area contributed by atoms with E-state index in [1.807, 2.05) is 0 Å². The zero-order valence-corrected chi connectivity index (χ0v) is 28.9. The second kappa shape index (κ2) is 35.6. The number of aliphatic hydroxyl groups excluding tert-OH is 1. The average molecular weight is 619 g/mol. The third kappa shape index (κ3) is 33.0. The summed E-state index contributed by atoms with van der Waals surface area (Å²) in [5.74, 6) is -0.614. The fourth-order valence-electron chi connectivity index (χ4n) is 5.09. The van der Waals surface area contributed by atoms with Gasteiger partial charge in [-0.25, -0.2) is 0 Å². The Morgan fingerprint density at radius 3 is 1.41 bits per heavy atom.